The Kier molecular flexibility index (Phi) is 2.25. The van der Waals surface area contributed by atoms with Crippen LogP contribution in [-0.2, 0) is 0 Å². The van der Waals surface area contributed by atoms with Gasteiger partial charge in [0.1, 0.15) is 0 Å². The fourth-order valence-electron chi connectivity index (χ4n) is 0.702. The third-order valence-corrected chi connectivity index (χ3v) is 2.38. The predicted octanol–water partition coefficient (Wildman–Crippen LogP) is 2.06. The van der Waals surface area contributed by atoms with Gasteiger partial charge >= 0.3 is 0 Å². The second-order valence-corrected chi connectivity index (χ2v) is 3.46. The standard InChI is InChI=1S/C8H10OS/c1-6(5-9)8-4-3-7(2)10-8/h3-4,9H,1,5H2,2H3. The third-order valence-electron chi connectivity index (χ3n) is 1.28. The van der Waals surface area contributed by atoms with E-state index in [9.17, 15) is 0 Å². The lowest BCUT2D eigenvalue weighted by molar-refractivity contribution is 0.351. The number of hydrogen-bond donors (Lipinski definition) is 1. The van der Waals surface area contributed by atoms with Gasteiger partial charge in [-0.3, -0.25) is 0 Å². The summed E-state index contributed by atoms with van der Waals surface area (Å²) in [7, 11) is 0. The summed E-state index contributed by atoms with van der Waals surface area (Å²) in [5.41, 5.74) is 0.804. The van der Waals surface area contributed by atoms with Crippen LogP contribution in [0.1, 0.15) is 9.75 Å². The molecule has 0 aliphatic carbocycles. The average molecular weight is 154 g/mol. The normalized spacial score (nSPS) is 9.80. The maximum absolute atomic E-state index is 8.70. The van der Waals surface area contributed by atoms with Gasteiger partial charge in [-0.2, -0.15) is 0 Å². The Morgan fingerprint density at radius 3 is 2.80 bits per heavy atom. The topological polar surface area (TPSA) is 20.2 Å². The van der Waals surface area contributed by atoms with Crippen molar-refractivity contribution in [2.75, 3.05) is 6.61 Å². The smallest absolute Gasteiger partial charge is 0.0689 e. The molecular formula is C8H10OS. The van der Waals surface area contributed by atoms with Crippen LogP contribution in [0.3, 0.4) is 0 Å². The first-order valence-electron chi connectivity index (χ1n) is 3.09. The third kappa shape index (κ3) is 1.46. The van der Waals surface area contributed by atoms with E-state index in [0.29, 0.717) is 0 Å². The van der Waals surface area contributed by atoms with Crippen molar-refractivity contribution >= 4 is 16.9 Å². The van der Waals surface area contributed by atoms with Crippen molar-refractivity contribution in [2.45, 2.75) is 6.92 Å². The zero-order valence-corrected chi connectivity index (χ0v) is 6.74. The minimum absolute atomic E-state index is 0.0555. The van der Waals surface area contributed by atoms with Gasteiger partial charge in [0.15, 0.2) is 0 Å². The van der Waals surface area contributed by atoms with Crippen molar-refractivity contribution < 1.29 is 5.11 Å². The quantitative estimate of drug-likeness (QED) is 0.691. The van der Waals surface area contributed by atoms with E-state index in [0.717, 1.165) is 10.5 Å². The summed E-state index contributed by atoms with van der Waals surface area (Å²) in [5.74, 6) is 0. The minimum atomic E-state index is 0.0555. The van der Waals surface area contributed by atoms with Crippen LogP contribution in [0, 0.1) is 6.92 Å². The summed E-state index contributed by atoms with van der Waals surface area (Å²) in [4.78, 5) is 2.34. The molecule has 54 valence electrons. The summed E-state index contributed by atoms with van der Waals surface area (Å²) in [6.07, 6.45) is 0. The van der Waals surface area contributed by atoms with Crippen molar-refractivity contribution in [3.8, 4) is 0 Å². The van der Waals surface area contributed by atoms with E-state index >= 15 is 0 Å². The van der Waals surface area contributed by atoms with Crippen LogP contribution < -0.4 is 0 Å². The van der Waals surface area contributed by atoms with Crippen molar-refractivity contribution in [1.29, 1.82) is 0 Å². The van der Waals surface area contributed by atoms with Crippen molar-refractivity contribution in [3.63, 3.8) is 0 Å². The molecule has 2 heteroatoms. The van der Waals surface area contributed by atoms with Crippen LogP contribution in [0.25, 0.3) is 5.57 Å². The molecule has 1 heterocycles. The lowest BCUT2D eigenvalue weighted by Gasteiger charge is -1.93. The van der Waals surface area contributed by atoms with Gasteiger partial charge in [-0.25, -0.2) is 0 Å². The highest BCUT2D eigenvalue weighted by Gasteiger charge is 1.98. The highest BCUT2D eigenvalue weighted by atomic mass is 32.1. The van der Waals surface area contributed by atoms with Gasteiger partial charge in [-0.05, 0) is 24.6 Å². The first kappa shape index (κ1) is 7.51. The highest BCUT2D eigenvalue weighted by molar-refractivity contribution is 7.13. The summed E-state index contributed by atoms with van der Waals surface area (Å²) in [6, 6.07) is 4.01. The van der Waals surface area contributed by atoms with Crippen LogP contribution in [0.15, 0.2) is 18.7 Å². The van der Waals surface area contributed by atoms with E-state index in [2.05, 4.69) is 6.58 Å². The molecule has 0 aliphatic rings. The molecule has 0 bridgehead atoms. The maximum atomic E-state index is 8.70. The predicted molar refractivity (Wildman–Crippen MR) is 45.2 cm³/mol. The molecule has 1 aromatic rings. The average Bonchev–Trinajstić information content (AvgIpc) is 2.34. The number of aliphatic hydroxyl groups is 1. The van der Waals surface area contributed by atoms with Gasteiger partial charge in [-0.15, -0.1) is 11.3 Å². The zero-order valence-electron chi connectivity index (χ0n) is 5.92. The van der Waals surface area contributed by atoms with E-state index in [1.807, 2.05) is 19.1 Å². The molecule has 0 radical (unpaired) electrons. The summed E-state index contributed by atoms with van der Waals surface area (Å²) < 4.78 is 0. The fraction of sp³-hybridized carbons (Fsp3) is 0.250. The Labute approximate surface area is 64.6 Å². The van der Waals surface area contributed by atoms with Crippen molar-refractivity contribution in [1.82, 2.24) is 0 Å². The zero-order chi connectivity index (χ0) is 7.56. The second kappa shape index (κ2) is 2.99. The van der Waals surface area contributed by atoms with Crippen LogP contribution in [0.5, 0.6) is 0 Å². The number of aliphatic hydroxyl groups excluding tert-OH is 1. The number of thiophene rings is 1. The summed E-state index contributed by atoms with van der Waals surface area (Å²) in [6.45, 7) is 5.81. The Hall–Kier alpha value is -0.600. The van der Waals surface area contributed by atoms with E-state index in [4.69, 9.17) is 5.11 Å². The Bertz CT molecular complexity index is 237. The largest absolute Gasteiger partial charge is 0.392 e. The van der Waals surface area contributed by atoms with Gasteiger partial charge < -0.3 is 5.11 Å². The number of rotatable bonds is 2. The number of hydrogen-bond acceptors (Lipinski definition) is 2. The van der Waals surface area contributed by atoms with Crippen molar-refractivity contribution in [3.05, 3.63) is 28.5 Å². The van der Waals surface area contributed by atoms with Crippen LogP contribution in [0.4, 0.5) is 0 Å². The number of aryl methyl sites for hydroxylation is 1. The van der Waals surface area contributed by atoms with Crippen LogP contribution in [-0.4, -0.2) is 11.7 Å². The Balaban J connectivity index is 2.85. The fourth-order valence-corrected chi connectivity index (χ4v) is 1.53. The van der Waals surface area contributed by atoms with Gasteiger partial charge in [0.05, 0.1) is 6.61 Å². The molecule has 0 spiro atoms. The molecule has 1 rings (SSSR count). The van der Waals surface area contributed by atoms with Crippen LogP contribution in [0.2, 0.25) is 0 Å². The monoisotopic (exact) mass is 154 g/mol. The molecular weight excluding hydrogens is 144 g/mol. The first-order chi connectivity index (χ1) is 4.74. The summed E-state index contributed by atoms with van der Waals surface area (Å²) >= 11 is 1.66. The highest BCUT2D eigenvalue weighted by Crippen LogP contribution is 2.21. The van der Waals surface area contributed by atoms with E-state index in [1.165, 1.54) is 4.88 Å². The molecule has 0 aromatic carbocycles. The molecule has 10 heavy (non-hydrogen) atoms. The maximum Gasteiger partial charge on any atom is 0.0689 e. The van der Waals surface area contributed by atoms with Crippen molar-refractivity contribution in [2.24, 2.45) is 0 Å². The molecule has 0 unspecified atom stereocenters. The molecule has 1 aromatic heterocycles. The molecule has 0 fully saturated rings. The lowest BCUT2D eigenvalue weighted by atomic mass is 10.3. The molecule has 0 saturated heterocycles. The lowest BCUT2D eigenvalue weighted by Crippen LogP contribution is -1.82. The van der Waals surface area contributed by atoms with Crippen LogP contribution >= 0.6 is 11.3 Å². The van der Waals surface area contributed by atoms with E-state index in [1.54, 1.807) is 11.3 Å². The van der Waals surface area contributed by atoms with Gasteiger partial charge in [0, 0.05) is 9.75 Å². The van der Waals surface area contributed by atoms with E-state index < -0.39 is 0 Å². The molecule has 0 aliphatic heterocycles. The molecule has 0 atom stereocenters. The Morgan fingerprint density at radius 2 is 2.40 bits per heavy atom. The Morgan fingerprint density at radius 1 is 1.70 bits per heavy atom. The molecule has 1 nitrogen and oxygen atoms in total. The first-order valence-corrected chi connectivity index (χ1v) is 3.91. The van der Waals surface area contributed by atoms with Gasteiger partial charge in [-0.1, -0.05) is 6.58 Å². The molecule has 1 N–H and O–H groups in total. The van der Waals surface area contributed by atoms with Gasteiger partial charge in [0.25, 0.3) is 0 Å². The minimum Gasteiger partial charge on any atom is -0.392 e. The SMILES string of the molecule is C=C(CO)c1ccc(C)s1. The van der Waals surface area contributed by atoms with E-state index in [-0.39, 0.29) is 6.61 Å². The second-order valence-electron chi connectivity index (χ2n) is 2.17. The molecule has 0 amide bonds. The van der Waals surface area contributed by atoms with Gasteiger partial charge in [0.2, 0.25) is 0 Å². The summed E-state index contributed by atoms with van der Waals surface area (Å²) in [5, 5.41) is 8.70. The molecule has 0 saturated carbocycles.